The minimum atomic E-state index is -0.944. The molecular formula is C17H18F2N4O3. The zero-order valence-corrected chi connectivity index (χ0v) is 14.2. The van der Waals surface area contributed by atoms with Crippen LogP contribution in [0, 0.1) is 11.6 Å². The smallest absolute Gasteiger partial charge is 0.416 e. The van der Waals surface area contributed by atoms with Gasteiger partial charge in [-0.25, -0.2) is 18.6 Å². The molecule has 0 aliphatic carbocycles. The predicted molar refractivity (Wildman–Crippen MR) is 89.7 cm³/mol. The Kier molecular flexibility index (Phi) is 4.99. The molecule has 0 radical (unpaired) electrons. The van der Waals surface area contributed by atoms with Crippen LogP contribution in [0.3, 0.4) is 0 Å². The molecule has 9 heteroatoms. The van der Waals surface area contributed by atoms with Gasteiger partial charge in [0.15, 0.2) is 11.6 Å². The first kappa shape index (κ1) is 18.0. The van der Waals surface area contributed by atoms with Crippen molar-refractivity contribution in [1.29, 1.82) is 0 Å². The predicted octanol–water partition coefficient (Wildman–Crippen LogP) is 2.63. The highest BCUT2D eigenvalue weighted by molar-refractivity contribution is 5.89. The lowest BCUT2D eigenvalue weighted by Gasteiger charge is -2.23. The molecule has 1 aromatic heterocycles. The van der Waals surface area contributed by atoms with E-state index in [1.165, 1.54) is 29.3 Å². The van der Waals surface area contributed by atoms with Crippen molar-refractivity contribution in [2.75, 3.05) is 16.8 Å². The molecule has 26 heavy (non-hydrogen) atoms. The third kappa shape index (κ3) is 3.43. The van der Waals surface area contributed by atoms with Crippen molar-refractivity contribution >= 4 is 17.9 Å². The summed E-state index contributed by atoms with van der Waals surface area (Å²) in [6, 6.07) is 4.23. The second-order valence-electron chi connectivity index (χ2n) is 6.00. The molecule has 138 valence electrons. The molecular weight excluding hydrogens is 346 g/mol. The van der Waals surface area contributed by atoms with Crippen molar-refractivity contribution in [3.8, 4) is 0 Å². The van der Waals surface area contributed by atoms with Gasteiger partial charge in [0.05, 0.1) is 12.1 Å². The van der Waals surface area contributed by atoms with E-state index in [0.717, 1.165) is 6.07 Å². The Bertz CT molecular complexity index is 818. The van der Waals surface area contributed by atoms with Gasteiger partial charge in [-0.05, 0) is 26.0 Å². The van der Waals surface area contributed by atoms with Crippen LogP contribution in [-0.4, -0.2) is 39.9 Å². The van der Waals surface area contributed by atoms with E-state index in [4.69, 9.17) is 4.74 Å². The van der Waals surface area contributed by atoms with Crippen molar-refractivity contribution < 1.29 is 23.4 Å². The van der Waals surface area contributed by atoms with Gasteiger partial charge < -0.3 is 15.2 Å². The van der Waals surface area contributed by atoms with Crippen LogP contribution in [0.15, 0.2) is 30.5 Å². The van der Waals surface area contributed by atoms with Crippen LogP contribution in [0.4, 0.5) is 25.3 Å². The van der Waals surface area contributed by atoms with E-state index in [2.05, 4.69) is 15.3 Å². The zero-order chi connectivity index (χ0) is 18.8. The molecule has 2 N–H and O–H groups in total. The van der Waals surface area contributed by atoms with Gasteiger partial charge in [-0.3, -0.25) is 4.90 Å². The second-order valence-corrected chi connectivity index (χ2v) is 6.00. The molecule has 1 amide bonds. The van der Waals surface area contributed by atoms with Gasteiger partial charge in [0, 0.05) is 11.8 Å². The Morgan fingerprint density at radius 2 is 2.12 bits per heavy atom. The van der Waals surface area contributed by atoms with E-state index in [-0.39, 0.29) is 23.9 Å². The van der Waals surface area contributed by atoms with Crippen LogP contribution in [0.25, 0.3) is 0 Å². The van der Waals surface area contributed by atoms with Crippen LogP contribution in [-0.2, 0) is 4.74 Å². The van der Waals surface area contributed by atoms with Crippen LogP contribution in [0.2, 0.25) is 0 Å². The number of aliphatic hydroxyl groups excluding tert-OH is 1. The number of nitrogens with zero attached hydrogens (tertiary/aromatic N) is 3. The van der Waals surface area contributed by atoms with E-state index in [0.29, 0.717) is 0 Å². The minimum absolute atomic E-state index is 0.0498. The summed E-state index contributed by atoms with van der Waals surface area (Å²) < 4.78 is 32.3. The number of carbonyl (C=O) groups excluding carboxylic acids is 1. The zero-order valence-electron chi connectivity index (χ0n) is 14.2. The molecule has 1 saturated heterocycles. The Hall–Kier alpha value is -2.81. The first-order valence-corrected chi connectivity index (χ1v) is 8.06. The molecule has 1 aliphatic heterocycles. The number of hydrogen-bond donors (Lipinski definition) is 2. The second kappa shape index (κ2) is 7.20. The summed E-state index contributed by atoms with van der Waals surface area (Å²) in [5, 5.41) is 12.7. The summed E-state index contributed by atoms with van der Waals surface area (Å²) >= 11 is 0. The Morgan fingerprint density at radius 1 is 1.35 bits per heavy atom. The number of nitrogens with one attached hydrogen (secondary N) is 1. The fourth-order valence-electron chi connectivity index (χ4n) is 2.73. The first-order chi connectivity index (χ1) is 12.4. The molecule has 1 aliphatic rings. The van der Waals surface area contributed by atoms with Gasteiger partial charge in [0.1, 0.15) is 18.5 Å². The maximum absolute atomic E-state index is 13.9. The summed E-state index contributed by atoms with van der Waals surface area (Å²) in [6.07, 6.45) is -0.0118. The normalized spacial score (nSPS) is 19.2. The van der Waals surface area contributed by atoms with Crippen LogP contribution >= 0.6 is 0 Å². The van der Waals surface area contributed by atoms with Crippen LogP contribution in [0.1, 0.15) is 25.5 Å². The number of carbonyl (C=O) groups is 1. The third-order valence-electron chi connectivity index (χ3n) is 4.14. The minimum Gasteiger partial charge on any atom is -0.447 e. The summed E-state index contributed by atoms with van der Waals surface area (Å²) in [5.41, 5.74) is 0.126. The standard InChI is InChI=1S/C17H18F2N4O3/c1-9(11-4-3-5-12(18)15(11)19)21-16-20-7-6-14(22-16)23-13(10(2)24)8-26-17(23)25/h3-7,9-10,13,24H,8H2,1-2H3,(H,20,21,22)/t9-,10+,13?/m0/s1. The maximum atomic E-state index is 13.9. The summed E-state index contributed by atoms with van der Waals surface area (Å²) in [4.78, 5) is 21.5. The van der Waals surface area contributed by atoms with Crippen molar-refractivity contribution in [1.82, 2.24) is 9.97 Å². The largest absolute Gasteiger partial charge is 0.447 e. The number of rotatable bonds is 5. The molecule has 0 bridgehead atoms. The number of cyclic esters (lactones) is 1. The number of hydrogen-bond acceptors (Lipinski definition) is 6. The molecule has 0 spiro atoms. The average Bonchev–Trinajstić information content (AvgIpc) is 2.99. The molecule has 1 fully saturated rings. The van der Waals surface area contributed by atoms with Gasteiger partial charge in [-0.2, -0.15) is 4.98 Å². The molecule has 1 unspecified atom stereocenters. The van der Waals surface area contributed by atoms with E-state index >= 15 is 0 Å². The van der Waals surface area contributed by atoms with Crippen molar-refractivity contribution in [2.45, 2.75) is 32.0 Å². The lowest BCUT2D eigenvalue weighted by molar-refractivity contribution is 0.142. The molecule has 1 aromatic carbocycles. The van der Waals surface area contributed by atoms with Gasteiger partial charge >= 0.3 is 6.09 Å². The lowest BCUT2D eigenvalue weighted by Crippen LogP contribution is -2.41. The average molecular weight is 364 g/mol. The van der Waals surface area contributed by atoms with Crippen LogP contribution < -0.4 is 10.2 Å². The molecule has 3 atom stereocenters. The number of amides is 1. The number of halogens is 2. The first-order valence-electron chi connectivity index (χ1n) is 8.06. The fourth-order valence-corrected chi connectivity index (χ4v) is 2.73. The van der Waals surface area contributed by atoms with Gasteiger partial charge in [0.2, 0.25) is 5.95 Å². The Morgan fingerprint density at radius 3 is 2.85 bits per heavy atom. The van der Waals surface area contributed by atoms with Crippen LogP contribution in [0.5, 0.6) is 0 Å². The van der Waals surface area contributed by atoms with Gasteiger partial charge in [0.25, 0.3) is 0 Å². The molecule has 2 aromatic rings. The number of aliphatic hydroxyl groups is 1. The number of ether oxygens (including phenoxy) is 1. The Balaban J connectivity index is 1.83. The van der Waals surface area contributed by atoms with Gasteiger partial charge in [-0.15, -0.1) is 0 Å². The highest BCUT2D eigenvalue weighted by Crippen LogP contribution is 2.25. The highest BCUT2D eigenvalue weighted by Gasteiger charge is 2.38. The third-order valence-corrected chi connectivity index (χ3v) is 4.14. The molecule has 3 rings (SSSR count). The fraction of sp³-hybridized carbons (Fsp3) is 0.353. The monoisotopic (exact) mass is 364 g/mol. The SMILES string of the molecule is C[C@H](Nc1nccc(N2C(=O)OCC2[C@@H](C)O)n1)c1cccc(F)c1F. The number of anilines is 2. The molecule has 7 nitrogen and oxygen atoms in total. The van der Waals surface area contributed by atoms with Crippen molar-refractivity contribution in [3.05, 3.63) is 47.7 Å². The van der Waals surface area contributed by atoms with Crippen molar-refractivity contribution in [3.63, 3.8) is 0 Å². The van der Waals surface area contributed by atoms with Gasteiger partial charge in [-0.1, -0.05) is 12.1 Å². The molecule has 2 heterocycles. The summed E-state index contributed by atoms with van der Waals surface area (Å²) in [7, 11) is 0. The molecule has 0 saturated carbocycles. The lowest BCUT2D eigenvalue weighted by atomic mass is 10.1. The number of aromatic nitrogens is 2. The Labute approximate surface area is 148 Å². The highest BCUT2D eigenvalue weighted by atomic mass is 19.2. The van der Waals surface area contributed by atoms with E-state index in [9.17, 15) is 18.7 Å². The summed E-state index contributed by atoms with van der Waals surface area (Å²) in [6.45, 7) is 3.24. The summed E-state index contributed by atoms with van der Waals surface area (Å²) in [5.74, 6) is -1.52. The van der Waals surface area contributed by atoms with E-state index in [1.807, 2.05) is 0 Å². The topological polar surface area (TPSA) is 87.6 Å². The maximum Gasteiger partial charge on any atom is 0.416 e. The van der Waals surface area contributed by atoms with Crippen molar-refractivity contribution in [2.24, 2.45) is 0 Å². The van der Waals surface area contributed by atoms with E-state index in [1.54, 1.807) is 13.8 Å². The number of benzene rings is 1. The quantitative estimate of drug-likeness (QED) is 0.848. The van der Waals surface area contributed by atoms with E-state index < -0.39 is 35.9 Å².